The van der Waals surface area contributed by atoms with Gasteiger partial charge in [0.2, 0.25) is 11.8 Å². The van der Waals surface area contributed by atoms with Gasteiger partial charge in [0.25, 0.3) is 0 Å². The standard InChI is InChI=1S/C17H24N4O3/c1-2-18-17(24)20-15(22)12-21-10-8-13(9-11-21)16(23)19-14-6-4-3-5-7-14/h3-7,13H,2,8-12H2,1H3,(H,19,23)(H2,18,20,22,24). The summed E-state index contributed by atoms with van der Waals surface area (Å²) < 4.78 is 0. The van der Waals surface area contributed by atoms with Crippen LogP contribution in [0.25, 0.3) is 0 Å². The fourth-order valence-electron chi connectivity index (χ4n) is 2.69. The van der Waals surface area contributed by atoms with E-state index in [2.05, 4.69) is 16.0 Å². The zero-order valence-electron chi connectivity index (χ0n) is 13.9. The van der Waals surface area contributed by atoms with Crippen molar-refractivity contribution in [3.8, 4) is 0 Å². The van der Waals surface area contributed by atoms with Crippen LogP contribution >= 0.6 is 0 Å². The lowest BCUT2D eigenvalue weighted by Gasteiger charge is -2.30. The molecule has 0 spiro atoms. The molecule has 0 bridgehead atoms. The van der Waals surface area contributed by atoms with Crippen LogP contribution in [0.4, 0.5) is 10.5 Å². The van der Waals surface area contributed by atoms with Crippen LogP contribution in [0.3, 0.4) is 0 Å². The quantitative estimate of drug-likeness (QED) is 0.755. The Labute approximate surface area is 141 Å². The third-order valence-electron chi connectivity index (χ3n) is 3.96. The molecule has 1 aromatic carbocycles. The largest absolute Gasteiger partial charge is 0.338 e. The van der Waals surface area contributed by atoms with Gasteiger partial charge in [-0.2, -0.15) is 0 Å². The molecule has 24 heavy (non-hydrogen) atoms. The first-order chi connectivity index (χ1) is 11.6. The highest BCUT2D eigenvalue weighted by molar-refractivity contribution is 5.95. The van der Waals surface area contributed by atoms with Crippen LogP contribution in [0.1, 0.15) is 19.8 Å². The minimum atomic E-state index is -0.473. The Morgan fingerprint density at radius 1 is 1.12 bits per heavy atom. The number of carbonyl (C=O) groups excluding carboxylic acids is 3. The van der Waals surface area contributed by atoms with E-state index in [9.17, 15) is 14.4 Å². The van der Waals surface area contributed by atoms with Gasteiger partial charge in [0, 0.05) is 18.2 Å². The molecule has 0 aromatic heterocycles. The maximum atomic E-state index is 12.3. The third-order valence-corrected chi connectivity index (χ3v) is 3.96. The van der Waals surface area contributed by atoms with E-state index < -0.39 is 6.03 Å². The maximum Gasteiger partial charge on any atom is 0.321 e. The Morgan fingerprint density at radius 3 is 2.42 bits per heavy atom. The van der Waals surface area contributed by atoms with E-state index in [-0.39, 0.29) is 24.3 Å². The number of amides is 4. The summed E-state index contributed by atoms with van der Waals surface area (Å²) in [6.07, 6.45) is 1.40. The monoisotopic (exact) mass is 332 g/mol. The fourth-order valence-corrected chi connectivity index (χ4v) is 2.69. The van der Waals surface area contributed by atoms with E-state index in [0.717, 1.165) is 5.69 Å². The summed E-state index contributed by atoms with van der Waals surface area (Å²) in [4.78, 5) is 37.3. The number of imide groups is 1. The van der Waals surface area contributed by atoms with Crippen LogP contribution in [0, 0.1) is 5.92 Å². The molecule has 1 aliphatic heterocycles. The second-order valence-electron chi connectivity index (χ2n) is 5.81. The highest BCUT2D eigenvalue weighted by Gasteiger charge is 2.26. The Morgan fingerprint density at radius 2 is 1.79 bits per heavy atom. The van der Waals surface area contributed by atoms with Gasteiger partial charge in [-0.15, -0.1) is 0 Å². The van der Waals surface area contributed by atoms with Crippen molar-refractivity contribution in [2.24, 2.45) is 5.92 Å². The average molecular weight is 332 g/mol. The van der Waals surface area contributed by atoms with E-state index >= 15 is 0 Å². The number of rotatable bonds is 5. The molecule has 1 aliphatic rings. The molecule has 1 saturated heterocycles. The first-order valence-electron chi connectivity index (χ1n) is 8.24. The lowest BCUT2D eigenvalue weighted by molar-refractivity contribution is -0.122. The van der Waals surface area contributed by atoms with E-state index in [4.69, 9.17) is 0 Å². The highest BCUT2D eigenvalue weighted by Crippen LogP contribution is 2.19. The summed E-state index contributed by atoms with van der Waals surface area (Å²) in [6, 6.07) is 8.91. The third kappa shape index (κ3) is 5.66. The van der Waals surface area contributed by atoms with E-state index in [1.54, 1.807) is 6.92 Å². The lowest BCUT2D eigenvalue weighted by Crippen LogP contribution is -2.47. The van der Waals surface area contributed by atoms with Crippen molar-refractivity contribution in [2.75, 3.05) is 31.5 Å². The minimum absolute atomic E-state index is 0.0209. The fraction of sp³-hybridized carbons (Fsp3) is 0.471. The summed E-state index contributed by atoms with van der Waals surface area (Å²) >= 11 is 0. The molecule has 2 rings (SSSR count). The molecule has 1 aromatic rings. The van der Waals surface area contributed by atoms with Crippen molar-refractivity contribution in [1.29, 1.82) is 0 Å². The second-order valence-corrected chi connectivity index (χ2v) is 5.81. The number of nitrogens with zero attached hydrogens (tertiary/aromatic N) is 1. The molecule has 0 aliphatic carbocycles. The number of hydrogen-bond donors (Lipinski definition) is 3. The summed E-state index contributed by atoms with van der Waals surface area (Å²) in [7, 11) is 0. The predicted molar refractivity (Wildman–Crippen MR) is 91.5 cm³/mol. The SMILES string of the molecule is CCNC(=O)NC(=O)CN1CCC(C(=O)Nc2ccccc2)CC1. The number of nitrogens with one attached hydrogen (secondary N) is 3. The minimum Gasteiger partial charge on any atom is -0.338 e. The van der Waals surface area contributed by atoms with Crippen molar-refractivity contribution < 1.29 is 14.4 Å². The van der Waals surface area contributed by atoms with Crippen molar-refractivity contribution in [1.82, 2.24) is 15.5 Å². The molecule has 130 valence electrons. The summed E-state index contributed by atoms with van der Waals surface area (Å²) in [5, 5.41) is 7.72. The Kier molecular flexibility index (Phi) is 6.74. The van der Waals surface area contributed by atoms with Gasteiger partial charge in [-0.1, -0.05) is 18.2 Å². The summed E-state index contributed by atoms with van der Waals surface area (Å²) in [5.41, 5.74) is 0.797. The number of para-hydroxylation sites is 1. The Balaban J connectivity index is 1.72. The zero-order valence-corrected chi connectivity index (χ0v) is 13.9. The molecule has 7 nitrogen and oxygen atoms in total. The van der Waals surface area contributed by atoms with Crippen LogP contribution in [-0.2, 0) is 9.59 Å². The smallest absolute Gasteiger partial charge is 0.321 e. The summed E-state index contributed by atoms with van der Waals surface area (Å²) in [6.45, 7) is 3.76. The molecule has 0 atom stereocenters. The topological polar surface area (TPSA) is 90.5 Å². The van der Waals surface area contributed by atoms with Crippen LogP contribution in [0.15, 0.2) is 30.3 Å². The molecule has 3 N–H and O–H groups in total. The Bertz CT molecular complexity index is 568. The number of anilines is 1. The Hall–Kier alpha value is -2.41. The molecular weight excluding hydrogens is 308 g/mol. The number of benzene rings is 1. The van der Waals surface area contributed by atoms with Crippen LogP contribution in [0.2, 0.25) is 0 Å². The number of urea groups is 1. The molecule has 1 fully saturated rings. The van der Waals surface area contributed by atoms with Gasteiger partial charge in [0.05, 0.1) is 6.54 Å². The highest BCUT2D eigenvalue weighted by atomic mass is 16.2. The lowest BCUT2D eigenvalue weighted by atomic mass is 9.96. The van der Waals surface area contributed by atoms with Crippen molar-refractivity contribution in [3.63, 3.8) is 0 Å². The van der Waals surface area contributed by atoms with Crippen molar-refractivity contribution >= 4 is 23.5 Å². The average Bonchev–Trinajstić information content (AvgIpc) is 2.56. The van der Waals surface area contributed by atoms with Gasteiger partial charge >= 0.3 is 6.03 Å². The van der Waals surface area contributed by atoms with Gasteiger partial charge in [-0.3, -0.25) is 19.8 Å². The normalized spacial score (nSPS) is 15.5. The molecule has 0 unspecified atom stereocenters. The molecule has 7 heteroatoms. The van der Waals surface area contributed by atoms with Gasteiger partial charge in [-0.05, 0) is 45.0 Å². The van der Waals surface area contributed by atoms with Crippen molar-refractivity contribution in [2.45, 2.75) is 19.8 Å². The molecule has 1 heterocycles. The van der Waals surface area contributed by atoms with Crippen molar-refractivity contribution in [3.05, 3.63) is 30.3 Å². The van der Waals surface area contributed by atoms with Crippen LogP contribution in [-0.4, -0.2) is 48.9 Å². The maximum absolute atomic E-state index is 12.3. The molecule has 4 amide bonds. The first kappa shape index (κ1) is 17.9. The van der Waals surface area contributed by atoms with Gasteiger partial charge in [0.1, 0.15) is 0 Å². The van der Waals surface area contributed by atoms with E-state index in [0.29, 0.717) is 32.5 Å². The van der Waals surface area contributed by atoms with Gasteiger partial charge in [0.15, 0.2) is 0 Å². The van der Waals surface area contributed by atoms with E-state index in [1.165, 1.54) is 0 Å². The predicted octanol–water partition coefficient (Wildman–Crippen LogP) is 1.18. The van der Waals surface area contributed by atoms with Crippen LogP contribution < -0.4 is 16.0 Å². The number of carbonyl (C=O) groups is 3. The van der Waals surface area contributed by atoms with Crippen LogP contribution in [0.5, 0.6) is 0 Å². The second kappa shape index (κ2) is 9.02. The van der Waals surface area contributed by atoms with E-state index in [1.807, 2.05) is 35.2 Å². The molecule has 0 saturated carbocycles. The summed E-state index contributed by atoms with van der Waals surface area (Å²) in [5.74, 6) is -0.353. The first-order valence-corrected chi connectivity index (χ1v) is 8.24. The van der Waals surface area contributed by atoms with Gasteiger partial charge in [-0.25, -0.2) is 4.79 Å². The number of likely N-dealkylation sites (tertiary alicyclic amines) is 1. The number of piperidine rings is 1. The van der Waals surface area contributed by atoms with Gasteiger partial charge < -0.3 is 10.6 Å². The molecule has 0 radical (unpaired) electrons. The number of hydrogen-bond acceptors (Lipinski definition) is 4. The molecular formula is C17H24N4O3. The zero-order chi connectivity index (χ0) is 17.4.